The molecule has 2 rings (SSSR count). The summed E-state index contributed by atoms with van der Waals surface area (Å²) < 4.78 is 15.2. The molecule has 0 radical (unpaired) electrons. The number of halogens is 1. The fraction of sp³-hybridized carbons (Fsp3) is 0.500. The molecule has 6 nitrogen and oxygen atoms in total. The van der Waals surface area contributed by atoms with Crippen molar-refractivity contribution in [1.29, 1.82) is 0 Å². The van der Waals surface area contributed by atoms with Gasteiger partial charge >= 0.3 is 0 Å². The fourth-order valence-electron chi connectivity index (χ4n) is 2.29. The molecule has 1 aromatic carbocycles. The first-order chi connectivity index (χ1) is 12.3. The maximum atomic E-state index is 13.3. The number of carbonyl (C=O) groups is 1. The fourth-order valence-corrected chi connectivity index (χ4v) is 3.06. The average Bonchev–Trinajstić information content (AvgIpc) is 3.03. The summed E-state index contributed by atoms with van der Waals surface area (Å²) in [5, 5.41) is 12.2. The molecule has 8 heteroatoms. The Morgan fingerprint density at radius 2 is 1.92 bits per heavy atom. The topological polar surface area (TPSA) is 64.2 Å². The number of thioether (sulfide) groups is 1. The number of quaternary nitrogens is 1. The van der Waals surface area contributed by atoms with E-state index in [1.807, 2.05) is 32.5 Å². The Balaban J connectivity index is 2.28. The van der Waals surface area contributed by atoms with Crippen LogP contribution in [0.25, 0.3) is 5.69 Å². The van der Waals surface area contributed by atoms with Crippen molar-refractivity contribution in [1.82, 2.24) is 20.1 Å². The molecule has 0 saturated carbocycles. The summed E-state index contributed by atoms with van der Waals surface area (Å²) in [6.45, 7) is 6.06. The highest BCUT2D eigenvalue weighted by molar-refractivity contribution is 7.99. The van der Waals surface area contributed by atoms with Crippen molar-refractivity contribution in [3.63, 3.8) is 0 Å². The molecule has 0 saturated heterocycles. The van der Waals surface area contributed by atoms with Crippen molar-refractivity contribution < 1.29 is 14.1 Å². The van der Waals surface area contributed by atoms with Gasteiger partial charge in [-0.15, -0.1) is 10.2 Å². The van der Waals surface area contributed by atoms with Crippen molar-refractivity contribution in [2.75, 3.05) is 19.8 Å². The summed E-state index contributed by atoms with van der Waals surface area (Å²) in [7, 11) is 4.08. The zero-order valence-corrected chi connectivity index (χ0v) is 16.7. The van der Waals surface area contributed by atoms with Gasteiger partial charge in [0.2, 0.25) is 5.91 Å². The first kappa shape index (κ1) is 20.4. The lowest BCUT2D eigenvalue weighted by Gasteiger charge is -2.18. The van der Waals surface area contributed by atoms with E-state index in [4.69, 9.17) is 0 Å². The third kappa shape index (κ3) is 5.04. The SMILES string of the molecule is CC[C@H](C)NC(=O)CSc1nnc([C@H](C)[NH+](C)C)n1-c1ccc(F)cc1. The summed E-state index contributed by atoms with van der Waals surface area (Å²) in [5.41, 5.74) is 0.782. The largest absolute Gasteiger partial charge is 0.353 e. The number of hydrogen-bond acceptors (Lipinski definition) is 4. The van der Waals surface area contributed by atoms with E-state index in [2.05, 4.69) is 22.4 Å². The quantitative estimate of drug-likeness (QED) is 0.683. The van der Waals surface area contributed by atoms with Crippen molar-refractivity contribution in [3.8, 4) is 5.69 Å². The number of rotatable bonds is 8. The first-order valence-corrected chi connectivity index (χ1v) is 9.75. The molecule has 0 aliphatic rings. The van der Waals surface area contributed by atoms with Crippen LogP contribution in [-0.4, -0.2) is 46.6 Å². The molecular formula is C18H27FN5OS+. The average molecular weight is 381 g/mol. The van der Waals surface area contributed by atoms with Crippen molar-refractivity contribution in [2.45, 2.75) is 44.4 Å². The molecule has 1 aromatic heterocycles. The molecule has 1 heterocycles. The summed E-state index contributed by atoms with van der Waals surface area (Å²) in [5.74, 6) is 0.705. The second-order valence-electron chi connectivity index (χ2n) is 6.62. The zero-order valence-electron chi connectivity index (χ0n) is 15.9. The molecular weight excluding hydrogens is 353 g/mol. The van der Waals surface area contributed by atoms with Crippen LogP contribution in [0.1, 0.15) is 39.1 Å². The summed E-state index contributed by atoms with van der Waals surface area (Å²) in [4.78, 5) is 13.3. The standard InChI is InChI=1S/C18H26FN5OS/c1-6-12(2)20-16(25)11-26-18-22-21-17(13(3)23(4)5)24(18)15-9-7-14(19)8-10-15/h7-10,12-13H,6,11H2,1-5H3,(H,20,25)/p+1/t12-,13-/m0/s1. The minimum atomic E-state index is -0.295. The van der Waals surface area contributed by atoms with E-state index in [9.17, 15) is 9.18 Å². The molecule has 26 heavy (non-hydrogen) atoms. The summed E-state index contributed by atoms with van der Waals surface area (Å²) in [6, 6.07) is 6.46. The van der Waals surface area contributed by atoms with E-state index >= 15 is 0 Å². The number of aromatic nitrogens is 3. The molecule has 142 valence electrons. The van der Waals surface area contributed by atoms with E-state index in [1.54, 1.807) is 12.1 Å². The highest BCUT2D eigenvalue weighted by Crippen LogP contribution is 2.24. The lowest BCUT2D eigenvalue weighted by atomic mass is 10.2. The van der Waals surface area contributed by atoms with Crippen LogP contribution in [0.2, 0.25) is 0 Å². The second-order valence-corrected chi connectivity index (χ2v) is 7.56. The molecule has 0 fully saturated rings. The molecule has 0 spiro atoms. The molecule has 2 aromatic rings. The van der Waals surface area contributed by atoms with E-state index < -0.39 is 0 Å². The maximum Gasteiger partial charge on any atom is 0.230 e. The predicted molar refractivity (Wildman–Crippen MR) is 101 cm³/mol. The van der Waals surface area contributed by atoms with Crippen LogP contribution in [-0.2, 0) is 4.79 Å². The predicted octanol–water partition coefficient (Wildman–Crippen LogP) is 1.62. The van der Waals surface area contributed by atoms with Gasteiger partial charge in [0.1, 0.15) is 11.9 Å². The number of nitrogens with zero attached hydrogens (tertiary/aromatic N) is 3. The minimum Gasteiger partial charge on any atom is -0.353 e. The summed E-state index contributed by atoms with van der Waals surface area (Å²) in [6.07, 6.45) is 0.884. The van der Waals surface area contributed by atoms with E-state index in [1.165, 1.54) is 28.8 Å². The Kier molecular flexibility index (Phi) is 7.16. The molecule has 0 bridgehead atoms. The monoisotopic (exact) mass is 380 g/mol. The van der Waals surface area contributed by atoms with Crippen LogP contribution in [0.4, 0.5) is 4.39 Å². The molecule has 1 amide bonds. The molecule has 0 aliphatic heterocycles. The van der Waals surface area contributed by atoms with Crippen LogP contribution in [0, 0.1) is 5.82 Å². The number of carbonyl (C=O) groups excluding carboxylic acids is 1. The Hall–Kier alpha value is -1.93. The van der Waals surface area contributed by atoms with Crippen LogP contribution in [0.5, 0.6) is 0 Å². The Morgan fingerprint density at radius 3 is 2.50 bits per heavy atom. The van der Waals surface area contributed by atoms with Crippen LogP contribution in [0.15, 0.2) is 29.4 Å². The zero-order chi connectivity index (χ0) is 19.3. The molecule has 0 unspecified atom stereocenters. The van der Waals surface area contributed by atoms with Gasteiger partial charge in [-0.2, -0.15) is 0 Å². The van der Waals surface area contributed by atoms with Gasteiger partial charge in [0.05, 0.1) is 19.8 Å². The second kappa shape index (κ2) is 9.14. The highest BCUT2D eigenvalue weighted by Gasteiger charge is 2.24. The van der Waals surface area contributed by atoms with Crippen molar-refractivity contribution in [2.24, 2.45) is 0 Å². The summed E-state index contributed by atoms with van der Waals surface area (Å²) >= 11 is 1.33. The number of hydrogen-bond donors (Lipinski definition) is 2. The van der Waals surface area contributed by atoms with Gasteiger partial charge in [0.25, 0.3) is 0 Å². The molecule has 2 atom stereocenters. The van der Waals surface area contributed by atoms with Gasteiger partial charge in [-0.25, -0.2) is 4.39 Å². The third-order valence-electron chi connectivity index (χ3n) is 4.35. The van der Waals surface area contributed by atoms with Gasteiger partial charge < -0.3 is 10.2 Å². The Labute approximate surface area is 158 Å². The molecule has 0 aliphatic carbocycles. The van der Waals surface area contributed by atoms with Gasteiger partial charge in [0, 0.05) is 11.7 Å². The van der Waals surface area contributed by atoms with Crippen LogP contribution in [0.3, 0.4) is 0 Å². The number of amides is 1. The smallest absolute Gasteiger partial charge is 0.230 e. The lowest BCUT2D eigenvalue weighted by Crippen LogP contribution is -3.05. The van der Waals surface area contributed by atoms with Crippen molar-refractivity contribution >= 4 is 17.7 Å². The van der Waals surface area contributed by atoms with Gasteiger partial charge in [0.15, 0.2) is 11.0 Å². The van der Waals surface area contributed by atoms with Gasteiger partial charge in [-0.1, -0.05) is 18.7 Å². The lowest BCUT2D eigenvalue weighted by molar-refractivity contribution is -0.890. The number of benzene rings is 1. The van der Waals surface area contributed by atoms with Crippen molar-refractivity contribution in [3.05, 3.63) is 35.9 Å². The van der Waals surface area contributed by atoms with Gasteiger partial charge in [-0.05, 0) is 44.5 Å². The van der Waals surface area contributed by atoms with Gasteiger partial charge in [-0.3, -0.25) is 9.36 Å². The molecule has 2 N–H and O–H groups in total. The third-order valence-corrected chi connectivity index (χ3v) is 5.28. The van der Waals surface area contributed by atoms with Crippen LogP contribution < -0.4 is 10.2 Å². The van der Waals surface area contributed by atoms with Crippen LogP contribution >= 0.6 is 11.8 Å². The minimum absolute atomic E-state index is 0.0363. The Morgan fingerprint density at radius 1 is 1.27 bits per heavy atom. The first-order valence-electron chi connectivity index (χ1n) is 8.76. The van der Waals surface area contributed by atoms with E-state index in [0.717, 1.165) is 17.9 Å². The Bertz CT molecular complexity index is 732. The normalized spacial score (nSPS) is 13.7. The number of nitrogens with one attached hydrogen (secondary N) is 2. The highest BCUT2D eigenvalue weighted by atomic mass is 32.2. The van der Waals surface area contributed by atoms with E-state index in [-0.39, 0.29) is 29.6 Å². The van der Waals surface area contributed by atoms with E-state index in [0.29, 0.717) is 5.16 Å². The maximum absolute atomic E-state index is 13.3.